The van der Waals surface area contributed by atoms with Gasteiger partial charge in [-0.1, -0.05) is 42.5 Å². The van der Waals surface area contributed by atoms with E-state index in [1.807, 2.05) is 42.5 Å². The van der Waals surface area contributed by atoms with E-state index in [1.54, 1.807) is 13.4 Å². The van der Waals surface area contributed by atoms with Gasteiger partial charge >= 0.3 is 0 Å². The summed E-state index contributed by atoms with van der Waals surface area (Å²) < 4.78 is 10.6. The maximum absolute atomic E-state index is 5.39. The van der Waals surface area contributed by atoms with Crippen molar-refractivity contribution >= 4 is 29.9 Å². The van der Waals surface area contributed by atoms with Crippen LogP contribution in [0.2, 0.25) is 0 Å². The lowest BCUT2D eigenvalue weighted by atomic mass is 10.1. The molecule has 1 aromatic heterocycles. The first-order valence-electron chi connectivity index (χ1n) is 9.55. The quantitative estimate of drug-likeness (QED) is 0.257. The van der Waals surface area contributed by atoms with Crippen molar-refractivity contribution in [2.45, 2.75) is 19.4 Å². The van der Waals surface area contributed by atoms with Gasteiger partial charge in [-0.15, -0.1) is 24.0 Å². The van der Waals surface area contributed by atoms with E-state index in [4.69, 9.17) is 14.1 Å². The number of rotatable bonds is 9. The van der Waals surface area contributed by atoms with E-state index in [0.717, 1.165) is 43.4 Å². The molecule has 0 unspecified atom stereocenters. The number of benzene rings is 2. The van der Waals surface area contributed by atoms with Gasteiger partial charge in [0.15, 0.2) is 5.96 Å². The highest BCUT2D eigenvalue weighted by Crippen LogP contribution is 2.11. The summed E-state index contributed by atoms with van der Waals surface area (Å²) in [5, 5.41) is 6.82. The minimum atomic E-state index is 0. The first-order chi connectivity index (χ1) is 13.8. The summed E-state index contributed by atoms with van der Waals surface area (Å²) in [6, 6.07) is 22.3. The molecule has 0 aliphatic rings. The van der Waals surface area contributed by atoms with Gasteiger partial charge in [0, 0.05) is 19.5 Å². The Labute approximate surface area is 189 Å². The molecule has 0 fully saturated rings. The number of methoxy groups -OCH3 is 1. The van der Waals surface area contributed by atoms with Crippen molar-refractivity contribution in [2.24, 2.45) is 4.99 Å². The Morgan fingerprint density at radius 1 is 0.862 bits per heavy atom. The molecule has 0 bridgehead atoms. The Hall–Kier alpha value is -2.48. The number of hydrogen-bond acceptors (Lipinski definition) is 3. The van der Waals surface area contributed by atoms with Crippen molar-refractivity contribution in [1.82, 2.24) is 10.6 Å². The zero-order valence-corrected chi connectivity index (χ0v) is 19.0. The number of furan rings is 1. The highest BCUT2D eigenvalue weighted by molar-refractivity contribution is 14.0. The monoisotopic (exact) mass is 505 g/mol. The van der Waals surface area contributed by atoms with Crippen molar-refractivity contribution in [3.8, 4) is 5.75 Å². The van der Waals surface area contributed by atoms with Gasteiger partial charge in [0.1, 0.15) is 11.5 Å². The minimum Gasteiger partial charge on any atom is -0.497 e. The second kappa shape index (κ2) is 12.9. The van der Waals surface area contributed by atoms with E-state index < -0.39 is 0 Å². The van der Waals surface area contributed by atoms with Crippen LogP contribution < -0.4 is 15.4 Å². The van der Waals surface area contributed by atoms with Gasteiger partial charge in [-0.25, -0.2) is 4.99 Å². The Morgan fingerprint density at radius 3 is 2.24 bits per heavy atom. The van der Waals surface area contributed by atoms with Crippen LogP contribution in [0.1, 0.15) is 16.9 Å². The van der Waals surface area contributed by atoms with E-state index in [-0.39, 0.29) is 24.0 Å². The molecule has 2 N–H and O–H groups in total. The summed E-state index contributed by atoms with van der Waals surface area (Å²) in [6.45, 7) is 2.20. The topological polar surface area (TPSA) is 58.8 Å². The molecule has 0 aliphatic heterocycles. The van der Waals surface area contributed by atoms with Crippen LogP contribution in [0.4, 0.5) is 0 Å². The lowest BCUT2D eigenvalue weighted by Gasteiger charge is -2.12. The van der Waals surface area contributed by atoms with Gasteiger partial charge in [-0.2, -0.15) is 0 Å². The predicted octanol–water partition coefficient (Wildman–Crippen LogP) is 4.43. The molecule has 3 rings (SSSR count). The fourth-order valence-electron chi connectivity index (χ4n) is 2.80. The van der Waals surface area contributed by atoms with Crippen molar-refractivity contribution in [1.29, 1.82) is 0 Å². The van der Waals surface area contributed by atoms with Crippen LogP contribution in [0.15, 0.2) is 82.4 Å². The summed E-state index contributed by atoms with van der Waals surface area (Å²) in [7, 11) is 1.68. The van der Waals surface area contributed by atoms with Gasteiger partial charge in [-0.3, -0.25) is 0 Å². The van der Waals surface area contributed by atoms with Crippen molar-refractivity contribution in [3.63, 3.8) is 0 Å². The third kappa shape index (κ3) is 8.19. The maximum Gasteiger partial charge on any atom is 0.191 e. The Morgan fingerprint density at radius 2 is 1.59 bits per heavy atom. The summed E-state index contributed by atoms with van der Waals surface area (Å²) in [5.41, 5.74) is 2.44. The van der Waals surface area contributed by atoms with Crippen molar-refractivity contribution in [2.75, 3.05) is 20.2 Å². The fourth-order valence-corrected chi connectivity index (χ4v) is 2.80. The maximum atomic E-state index is 5.39. The molecule has 0 amide bonds. The highest BCUT2D eigenvalue weighted by Gasteiger charge is 2.02. The Balaban J connectivity index is 0.00000300. The Bertz CT molecular complexity index is 834. The van der Waals surface area contributed by atoms with Gasteiger partial charge in [-0.05, 0) is 41.8 Å². The number of nitrogens with zero attached hydrogens (tertiary/aromatic N) is 1. The molecular weight excluding hydrogens is 477 g/mol. The molecule has 0 radical (unpaired) electrons. The molecule has 1 heterocycles. The average molecular weight is 505 g/mol. The lowest BCUT2D eigenvalue weighted by Crippen LogP contribution is -2.39. The normalized spacial score (nSPS) is 10.9. The molecule has 6 heteroatoms. The second-order valence-electron chi connectivity index (χ2n) is 6.43. The third-order valence-corrected chi connectivity index (χ3v) is 4.37. The van der Waals surface area contributed by atoms with E-state index >= 15 is 0 Å². The average Bonchev–Trinajstić information content (AvgIpc) is 3.26. The molecule has 5 nitrogen and oxygen atoms in total. The molecule has 0 aliphatic carbocycles. The van der Waals surface area contributed by atoms with E-state index in [1.165, 1.54) is 11.1 Å². The van der Waals surface area contributed by atoms with Gasteiger partial charge in [0.2, 0.25) is 0 Å². The van der Waals surface area contributed by atoms with E-state index in [9.17, 15) is 0 Å². The smallest absolute Gasteiger partial charge is 0.191 e. The van der Waals surface area contributed by atoms with Crippen LogP contribution in [0.3, 0.4) is 0 Å². The first kappa shape index (κ1) is 22.8. The molecule has 0 atom stereocenters. The fraction of sp³-hybridized carbons (Fsp3) is 0.261. The third-order valence-electron chi connectivity index (χ3n) is 4.37. The van der Waals surface area contributed by atoms with Crippen LogP contribution in [0.25, 0.3) is 0 Å². The molecule has 0 spiro atoms. The molecular formula is C23H28IN3O2. The summed E-state index contributed by atoms with van der Waals surface area (Å²) in [4.78, 5) is 4.72. The van der Waals surface area contributed by atoms with Crippen LogP contribution in [-0.4, -0.2) is 26.2 Å². The van der Waals surface area contributed by atoms with Crippen molar-refractivity contribution in [3.05, 3.63) is 89.9 Å². The number of halogens is 1. The number of aliphatic imine (C=N–C) groups is 1. The van der Waals surface area contributed by atoms with Crippen LogP contribution in [-0.2, 0) is 19.4 Å². The molecule has 29 heavy (non-hydrogen) atoms. The molecule has 0 saturated carbocycles. The molecule has 154 valence electrons. The molecule has 0 saturated heterocycles. The largest absolute Gasteiger partial charge is 0.497 e. The number of hydrogen-bond donors (Lipinski definition) is 2. The van der Waals surface area contributed by atoms with Crippen LogP contribution in [0.5, 0.6) is 5.75 Å². The van der Waals surface area contributed by atoms with Gasteiger partial charge in [0.05, 0.1) is 19.9 Å². The minimum absolute atomic E-state index is 0. The number of ether oxygens (including phenoxy) is 1. The Kier molecular flexibility index (Phi) is 10.1. The number of guanidine groups is 1. The van der Waals surface area contributed by atoms with Gasteiger partial charge < -0.3 is 19.8 Å². The van der Waals surface area contributed by atoms with Crippen LogP contribution >= 0.6 is 24.0 Å². The van der Waals surface area contributed by atoms with E-state index in [2.05, 4.69) is 34.9 Å². The zero-order valence-electron chi connectivity index (χ0n) is 16.6. The molecule has 2 aromatic carbocycles. The summed E-state index contributed by atoms with van der Waals surface area (Å²) in [5.74, 6) is 2.65. The van der Waals surface area contributed by atoms with Crippen LogP contribution in [0, 0.1) is 0 Å². The summed E-state index contributed by atoms with van der Waals surface area (Å²) >= 11 is 0. The zero-order chi connectivity index (χ0) is 19.4. The van der Waals surface area contributed by atoms with E-state index in [0.29, 0.717) is 6.54 Å². The van der Waals surface area contributed by atoms with Gasteiger partial charge in [0.25, 0.3) is 0 Å². The highest BCUT2D eigenvalue weighted by atomic mass is 127. The van der Waals surface area contributed by atoms with Crippen molar-refractivity contribution < 1.29 is 9.15 Å². The second-order valence-corrected chi connectivity index (χ2v) is 6.43. The summed E-state index contributed by atoms with van der Waals surface area (Å²) in [6.07, 6.45) is 3.43. The standard InChI is InChI=1S/C23H27N3O2.HI/c1-27-21-11-9-19(10-12-21)13-15-24-23(25-16-14-22-8-5-17-28-22)26-18-20-6-3-2-4-7-20;/h2-12,17H,13-16,18H2,1H3,(H2,24,25,26);1H. The SMILES string of the molecule is COc1ccc(CCNC(=NCc2ccccc2)NCCc2ccco2)cc1.I. The lowest BCUT2D eigenvalue weighted by molar-refractivity contribution is 0.414. The first-order valence-corrected chi connectivity index (χ1v) is 9.55. The molecule has 3 aromatic rings. The predicted molar refractivity (Wildman–Crippen MR) is 128 cm³/mol. The number of nitrogens with one attached hydrogen (secondary N) is 2.